The zero-order valence-electron chi connectivity index (χ0n) is 17.3. The molecule has 0 saturated carbocycles. The second-order valence-electron chi connectivity index (χ2n) is 7.40. The van der Waals surface area contributed by atoms with Crippen molar-refractivity contribution in [2.75, 3.05) is 26.4 Å². The van der Waals surface area contributed by atoms with E-state index in [1.165, 1.54) is 18.2 Å². The van der Waals surface area contributed by atoms with Gasteiger partial charge in [-0.2, -0.15) is 0 Å². The number of ether oxygens (including phenoxy) is 3. The maximum absolute atomic E-state index is 13.3. The summed E-state index contributed by atoms with van der Waals surface area (Å²) >= 11 is 3.26. The Morgan fingerprint density at radius 2 is 1.93 bits per heavy atom. The van der Waals surface area contributed by atoms with Gasteiger partial charge in [-0.15, -0.1) is 0 Å². The van der Waals surface area contributed by atoms with Gasteiger partial charge in [-0.1, -0.05) is 12.1 Å². The number of hydrogen-bond donors (Lipinski definition) is 1. The van der Waals surface area contributed by atoms with Crippen molar-refractivity contribution in [2.45, 2.75) is 38.2 Å². The summed E-state index contributed by atoms with van der Waals surface area (Å²) < 4.78 is 30.6. The summed E-state index contributed by atoms with van der Waals surface area (Å²) in [6, 6.07) is 12.2. The highest BCUT2D eigenvalue weighted by molar-refractivity contribution is 9.10. The molecule has 1 aliphatic rings. The van der Waals surface area contributed by atoms with Crippen LogP contribution in [-0.4, -0.2) is 38.4 Å². The Bertz CT molecular complexity index is 853. The van der Waals surface area contributed by atoms with Crippen molar-refractivity contribution in [3.05, 3.63) is 58.3 Å². The molecule has 2 aromatic carbocycles. The number of carbonyl (C=O) groups excluding carboxylic acids is 1. The molecule has 1 heterocycles. The van der Waals surface area contributed by atoms with E-state index < -0.39 is 6.10 Å². The number of amides is 1. The van der Waals surface area contributed by atoms with Gasteiger partial charge in [-0.25, -0.2) is 4.39 Å². The van der Waals surface area contributed by atoms with Crippen molar-refractivity contribution in [1.82, 2.24) is 5.32 Å². The molecule has 1 atom stereocenters. The molecule has 0 radical (unpaired) electrons. The quantitative estimate of drug-likeness (QED) is 0.599. The average molecular weight is 480 g/mol. The summed E-state index contributed by atoms with van der Waals surface area (Å²) in [6.45, 7) is 6.04. The second kappa shape index (κ2) is 10.3. The van der Waals surface area contributed by atoms with E-state index in [1.807, 2.05) is 19.1 Å². The number of carbonyl (C=O) groups is 1. The predicted molar refractivity (Wildman–Crippen MR) is 117 cm³/mol. The molecule has 1 unspecified atom stereocenters. The van der Waals surface area contributed by atoms with E-state index in [0.29, 0.717) is 36.6 Å². The molecule has 3 rings (SSSR count). The number of rotatable bonds is 8. The SMILES string of the molecule is CCOc1ccc(C2(CNC(=O)C(C)Oc3ccc(F)cc3Br)CCOCC2)cc1. The molecule has 0 spiro atoms. The smallest absolute Gasteiger partial charge is 0.260 e. The van der Waals surface area contributed by atoms with Crippen LogP contribution in [-0.2, 0) is 14.9 Å². The first-order chi connectivity index (χ1) is 14.4. The van der Waals surface area contributed by atoms with Gasteiger partial charge in [0.2, 0.25) is 0 Å². The number of benzene rings is 2. The lowest BCUT2D eigenvalue weighted by Gasteiger charge is -2.38. The van der Waals surface area contributed by atoms with E-state index in [2.05, 4.69) is 33.4 Å². The highest BCUT2D eigenvalue weighted by atomic mass is 79.9. The third-order valence-electron chi connectivity index (χ3n) is 5.40. The lowest BCUT2D eigenvalue weighted by molar-refractivity contribution is -0.127. The summed E-state index contributed by atoms with van der Waals surface area (Å²) in [4.78, 5) is 12.7. The van der Waals surface area contributed by atoms with Gasteiger partial charge in [0, 0.05) is 25.2 Å². The van der Waals surface area contributed by atoms with Crippen molar-refractivity contribution < 1.29 is 23.4 Å². The standard InChI is InChI=1S/C23H27BrFNO4/c1-3-29-19-7-4-17(5-8-19)23(10-12-28-13-11-23)15-26-22(27)16(2)30-21-9-6-18(25)14-20(21)24/h4-9,14,16H,3,10-13,15H2,1-2H3,(H,26,27). The average Bonchev–Trinajstić information content (AvgIpc) is 2.75. The van der Waals surface area contributed by atoms with Gasteiger partial charge in [0.15, 0.2) is 6.10 Å². The van der Waals surface area contributed by atoms with Gasteiger partial charge in [0.25, 0.3) is 5.91 Å². The molecule has 1 amide bonds. The van der Waals surface area contributed by atoms with Gasteiger partial charge in [0.05, 0.1) is 11.1 Å². The van der Waals surface area contributed by atoms with Crippen LogP contribution < -0.4 is 14.8 Å². The van der Waals surface area contributed by atoms with Crippen LogP contribution in [0.1, 0.15) is 32.3 Å². The van der Waals surface area contributed by atoms with Crippen LogP contribution >= 0.6 is 15.9 Å². The van der Waals surface area contributed by atoms with Crippen molar-refractivity contribution >= 4 is 21.8 Å². The maximum Gasteiger partial charge on any atom is 0.260 e. The van der Waals surface area contributed by atoms with Gasteiger partial charge >= 0.3 is 0 Å². The van der Waals surface area contributed by atoms with Gasteiger partial charge in [-0.05, 0) is 78.5 Å². The lowest BCUT2D eigenvalue weighted by atomic mass is 9.74. The first-order valence-corrected chi connectivity index (χ1v) is 10.9. The normalized spacial score (nSPS) is 16.5. The van der Waals surface area contributed by atoms with Crippen LogP contribution in [0.5, 0.6) is 11.5 Å². The van der Waals surface area contributed by atoms with Crippen LogP contribution in [0.4, 0.5) is 4.39 Å². The summed E-state index contributed by atoms with van der Waals surface area (Å²) in [7, 11) is 0. The molecule has 0 bridgehead atoms. The van der Waals surface area contributed by atoms with Crippen molar-refractivity contribution in [3.63, 3.8) is 0 Å². The molecule has 162 valence electrons. The van der Waals surface area contributed by atoms with Crippen molar-refractivity contribution in [2.24, 2.45) is 0 Å². The molecular formula is C23H27BrFNO4. The number of halogens is 2. The molecule has 0 aromatic heterocycles. The Kier molecular flexibility index (Phi) is 7.72. The zero-order chi connectivity index (χ0) is 21.6. The minimum atomic E-state index is -0.719. The minimum Gasteiger partial charge on any atom is -0.494 e. The topological polar surface area (TPSA) is 56.8 Å². The van der Waals surface area contributed by atoms with E-state index in [1.54, 1.807) is 6.92 Å². The highest BCUT2D eigenvalue weighted by Gasteiger charge is 2.35. The first-order valence-electron chi connectivity index (χ1n) is 10.1. The third-order valence-corrected chi connectivity index (χ3v) is 6.02. The molecule has 5 nitrogen and oxygen atoms in total. The second-order valence-corrected chi connectivity index (χ2v) is 8.26. The van der Waals surface area contributed by atoms with Crippen molar-refractivity contribution in [1.29, 1.82) is 0 Å². The molecule has 1 fully saturated rings. The fourth-order valence-electron chi connectivity index (χ4n) is 3.62. The van der Waals surface area contributed by atoms with E-state index in [-0.39, 0.29) is 17.1 Å². The number of hydrogen-bond acceptors (Lipinski definition) is 4. The molecule has 2 aromatic rings. The van der Waals surface area contributed by atoms with Gasteiger partial charge < -0.3 is 19.5 Å². The Morgan fingerprint density at radius 1 is 1.23 bits per heavy atom. The molecule has 1 saturated heterocycles. The molecule has 1 aliphatic heterocycles. The minimum absolute atomic E-state index is 0.200. The molecule has 1 N–H and O–H groups in total. The fourth-order valence-corrected chi connectivity index (χ4v) is 4.06. The largest absolute Gasteiger partial charge is 0.494 e. The summed E-state index contributed by atoms with van der Waals surface area (Å²) in [5, 5.41) is 3.04. The van der Waals surface area contributed by atoms with Crippen LogP contribution in [0.15, 0.2) is 46.9 Å². The van der Waals surface area contributed by atoms with E-state index >= 15 is 0 Å². The van der Waals surface area contributed by atoms with Crippen LogP contribution in [0, 0.1) is 5.82 Å². The first kappa shape index (κ1) is 22.6. The zero-order valence-corrected chi connectivity index (χ0v) is 18.8. The molecular weight excluding hydrogens is 453 g/mol. The highest BCUT2D eigenvalue weighted by Crippen LogP contribution is 2.35. The molecule has 7 heteroatoms. The van der Waals surface area contributed by atoms with E-state index in [9.17, 15) is 9.18 Å². The Labute approximate surface area is 185 Å². The van der Waals surface area contributed by atoms with E-state index in [4.69, 9.17) is 14.2 Å². The van der Waals surface area contributed by atoms with E-state index in [0.717, 1.165) is 24.2 Å². The number of nitrogens with one attached hydrogen (secondary N) is 1. The summed E-state index contributed by atoms with van der Waals surface area (Å²) in [5.74, 6) is 0.664. The van der Waals surface area contributed by atoms with Gasteiger partial charge in [-0.3, -0.25) is 4.79 Å². The Morgan fingerprint density at radius 3 is 2.57 bits per heavy atom. The Hall–Kier alpha value is -2.12. The fraction of sp³-hybridized carbons (Fsp3) is 0.435. The lowest BCUT2D eigenvalue weighted by Crippen LogP contribution is -2.47. The van der Waals surface area contributed by atoms with Crippen LogP contribution in [0.25, 0.3) is 0 Å². The molecule has 30 heavy (non-hydrogen) atoms. The van der Waals surface area contributed by atoms with Crippen LogP contribution in [0.2, 0.25) is 0 Å². The summed E-state index contributed by atoms with van der Waals surface area (Å²) in [5.41, 5.74) is 0.957. The molecule has 0 aliphatic carbocycles. The Balaban J connectivity index is 1.67. The summed E-state index contributed by atoms with van der Waals surface area (Å²) in [6.07, 6.45) is 0.920. The van der Waals surface area contributed by atoms with Crippen LogP contribution in [0.3, 0.4) is 0 Å². The third kappa shape index (κ3) is 5.52. The monoisotopic (exact) mass is 479 g/mol. The predicted octanol–water partition coefficient (Wildman–Crippen LogP) is 4.62. The maximum atomic E-state index is 13.3. The van der Waals surface area contributed by atoms with Gasteiger partial charge in [0.1, 0.15) is 17.3 Å². The van der Waals surface area contributed by atoms with Crippen molar-refractivity contribution in [3.8, 4) is 11.5 Å².